The molecule has 0 aliphatic heterocycles. The van der Waals surface area contributed by atoms with E-state index in [0.29, 0.717) is 17.5 Å². The van der Waals surface area contributed by atoms with E-state index in [1.807, 2.05) is 0 Å². The average Bonchev–Trinajstić information content (AvgIpc) is 2.99. The Morgan fingerprint density at radius 2 is 2.31 bits per heavy atom. The van der Waals surface area contributed by atoms with Crippen LogP contribution in [0.2, 0.25) is 0 Å². The summed E-state index contributed by atoms with van der Waals surface area (Å²) in [5.74, 6) is 0.839. The van der Waals surface area contributed by atoms with Crippen LogP contribution in [-0.4, -0.2) is 22.3 Å². The summed E-state index contributed by atoms with van der Waals surface area (Å²) in [5, 5.41) is 8.90. The number of ether oxygens (including phenoxy) is 1. The maximum absolute atomic E-state index is 8.90. The topological polar surface area (TPSA) is 67.3 Å². The summed E-state index contributed by atoms with van der Waals surface area (Å²) in [7, 11) is 1.51. The number of aromatic nitrogens is 2. The van der Waals surface area contributed by atoms with Gasteiger partial charge < -0.3 is 4.74 Å². The number of hydrogen-bond acceptors (Lipinski definition) is 5. The van der Waals surface area contributed by atoms with E-state index in [1.165, 1.54) is 13.4 Å². The normalized spacial score (nSPS) is 15.5. The van der Waals surface area contributed by atoms with Crippen molar-refractivity contribution in [2.24, 2.45) is 0 Å². The van der Waals surface area contributed by atoms with Crippen molar-refractivity contribution < 1.29 is 9.94 Å². The zero-order valence-electron chi connectivity index (χ0n) is 7.32. The van der Waals surface area contributed by atoms with Crippen molar-refractivity contribution in [2.75, 3.05) is 12.6 Å². The zero-order chi connectivity index (χ0) is 9.26. The number of hydrogen-bond donors (Lipinski definition) is 2. The molecule has 2 rings (SSSR count). The highest BCUT2D eigenvalue weighted by Crippen LogP contribution is 2.43. The quantitative estimate of drug-likeness (QED) is 0.685. The fraction of sp³-hybridized carbons (Fsp3) is 0.500. The molecule has 1 aliphatic carbocycles. The van der Waals surface area contributed by atoms with Crippen molar-refractivity contribution >= 4 is 5.69 Å². The molecule has 0 aromatic carbocycles. The van der Waals surface area contributed by atoms with Gasteiger partial charge in [-0.05, 0) is 12.8 Å². The summed E-state index contributed by atoms with van der Waals surface area (Å²) >= 11 is 0. The molecule has 1 fully saturated rings. The van der Waals surface area contributed by atoms with Crippen molar-refractivity contribution in [1.29, 1.82) is 0 Å². The summed E-state index contributed by atoms with van der Waals surface area (Å²) in [4.78, 5) is 7.99. The molecule has 1 saturated carbocycles. The van der Waals surface area contributed by atoms with Crippen LogP contribution < -0.4 is 10.2 Å². The Morgan fingerprint density at radius 3 is 2.85 bits per heavy atom. The molecule has 0 radical (unpaired) electrons. The molecule has 0 saturated heterocycles. The molecule has 2 N–H and O–H groups in total. The van der Waals surface area contributed by atoms with Gasteiger partial charge in [-0.25, -0.2) is 4.98 Å². The second kappa shape index (κ2) is 3.18. The van der Waals surface area contributed by atoms with Gasteiger partial charge in [-0.1, -0.05) is 0 Å². The van der Waals surface area contributed by atoms with Crippen molar-refractivity contribution in [3.05, 3.63) is 12.0 Å². The monoisotopic (exact) mass is 181 g/mol. The Morgan fingerprint density at radius 1 is 1.54 bits per heavy atom. The maximum atomic E-state index is 8.90. The Balaban J connectivity index is 2.41. The van der Waals surface area contributed by atoms with E-state index >= 15 is 0 Å². The van der Waals surface area contributed by atoms with Gasteiger partial charge in [0, 0.05) is 5.92 Å². The maximum Gasteiger partial charge on any atom is 0.242 e. The van der Waals surface area contributed by atoms with E-state index < -0.39 is 0 Å². The summed E-state index contributed by atoms with van der Waals surface area (Å²) in [6, 6.07) is 0. The van der Waals surface area contributed by atoms with Gasteiger partial charge in [0.1, 0.15) is 12.0 Å². The summed E-state index contributed by atoms with van der Waals surface area (Å²) in [6.45, 7) is 0. The smallest absolute Gasteiger partial charge is 0.242 e. The Bertz CT molecular complexity index is 312. The van der Waals surface area contributed by atoms with Crippen molar-refractivity contribution in [3.8, 4) is 5.88 Å². The zero-order valence-corrected chi connectivity index (χ0v) is 7.32. The van der Waals surface area contributed by atoms with Crippen LogP contribution in [0.4, 0.5) is 5.69 Å². The molecule has 0 bridgehead atoms. The molecule has 1 aromatic heterocycles. The molecule has 5 nitrogen and oxygen atoms in total. The molecule has 1 aromatic rings. The number of nitrogens with zero attached hydrogens (tertiary/aromatic N) is 2. The third kappa shape index (κ3) is 1.42. The largest absolute Gasteiger partial charge is 0.479 e. The Labute approximate surface area is 75.7 Å². The van der Waals surface area contributed by atoms with Gasteiger partial charge in [0.15, 0.2) is 0 Å². The minimum atomic E-state index is 0.388. The minimum absolute atomic E-state index is 0.388. The van der Waals surface area contributed by atoms with Gasteiger partial charge in [-0.3, -0.25) is 10.7 Å². The van der Waals surface area contributed by atoms with Gasteiger partial charge in [-0.2, -0.15) is 4.98 Å². The van der Waals surface area contributed by atoms with Gasteiger partial charge in [0.05, 0.1) is 12.8 Å². The lowest BCUT2D eigenvalue weighted by Gasteiger charge is -2.08. The second-order valence-corrected chi connectivity index (χ2v) is 3.03. The molecule has 70 valence electrons. The van der Waals surface area contributed by atoms with Crippen LogP contribution in [0, 0.1) is 0 Å². The van der Waals surface area contributed by atoms with Crippen LogP contribution in [0.5, 0.6) is 5.88 Å². The molecule has 0 spiro atoms. The predicted molar refractivity (Wildman–Crippen MR) is 46.0 cm³/mol. The lowest BCUT2D eigenvalue weighted by atomic mass is 10.2. The highest BCUT2D eigenvalue weighted by molar-refractivity contribution is 5.56. The fourth-order valence-electron chi connectivity index (χ4n) is 1.31. The lowest BCUT2D eigenvalue weighted by Crippen LogP contribution is -2.02. The molecule has 5 heteroatoms. The second-order valence-electron chi connectivity index (χ2n) is 3.03. The minimum Gasteiger partial charge on any atom is -0.479 e. The van der Waals surface area contributed by atoms with Crippen molar-refractivity contribution in [3.63, 3.8) is 0 Å². The Kier molecular flexibility index (Phi) is 2.02. The first kappa shape index (κ1) is 8.25. The van der Waals surface area contributed by atoms with E-state index in [1.54, 1.807) is 0 Å². The number of anilines is 1. The highest BCUT2D eigenvalue weighted by Gasteiger charge is 2.29. The fourth-order valence-corrected chi connectivity index (χ4v) is 1.31. The molecule has 1 heterocycles. The summed E-state index contributed by atoms with van der Waals surface area (Å²) in [6.07, 6.45) is 3.69. The molecule has 0 amide bonds. The van der Waals surface area contributed by atoms with E-state index in [4.69, 9.17) is 9.94 Å². The standard InChI is InChI=1S/C8H11N3O2/c1-13-8-7(11-12)6(5-2-3-5)9-4-10-8/h4-5,11-12H,2-3H2,1H3. The van der Waals surface area contributed by atoms with Crippen LogP contribution in [0.1, 0.15) is 24.5 Å². The summed E-state index contributed by atoms with van der Waals surface area (Å²) < 4.78 is 4.98. The highest BCUT2D eigenvalue weighted by atomic mass is 16.5. The van der Waals surface area contributed by atoms with Gasteiger partial charge >= 0.3 is 0 Å². The van der Waals surface area contributed by atoms with Crippen molar-refractivity contribution in [2.45, 2.75) is 18.8 Å². The van der Waals surface area contributed by atoms with Crippen LogP contribution in [0.25, 0.3) is 0 Å². The van der Waals surface area contributed by atoms with E-state index in [2.05, 4.69) is 15.4 Å². The van der Waals surface area contributed by atoms with Crippen molar-refractivity contribution in [1.82, 2.24) is 9.97 Å². The third-order valence-electron chi connectivity index (χ3n) is 2.11. The first-order valence-corrected chi connectivity index (χ1v) is 4.15. The van der Waals surface area contributed by atoms with Gasteiger partial charge in [-0.15, -0.1) is 0 Å². The summed E-state index contributed by atoms with van der Waals surface area (Å²) in [5.41, 5.74) is 3.42. The number of nitrogens with one attached hydrogen (secondary N) is 1. The SMILES string of the molecule is COc1ncnc(C2CC2)c1NO. The van der Waals surface area contributed by atoms with Crippen LogP contribution in [-0.2, 0) is 0 Å². The molecular formula is C8H11N3O2. The molecule has 13 heavy (non-hydrogen) atoms. The van der Waals surface area contributed by atoms with E-state index in [0.717, 1.165) is 18.5 Å². The van der Waals surface area contributed by atoms with E-state index in [9.17, 15) is 0 Å². The number of methoxy groups -OCH3 is 1. The van der Waals surface area contributed by atoms with Gasteiger partial charge in [0.25, 0.3) is 0 Å². The van der Waals surface area contributed by atoms with E-state index in [-0.39, 0.29) is 0 Å². The predicted octanol–water partition coefficient (Wildman–Crippen LogP) is 1.16. The first-order valence-electron chi connectivity index (χ1n) is 4.15. The Hall–Kier alpha value is -1.36. The average molecular weight is 181 g/mol. The molecule has 0 atom stereocenters. The molecular weight excluding hydrogens is 170 g/mol. The first-order chi connectivity index (χ1) is 6.36. The van der Waals surface area contributed by atoms with Crippen LogP contribution >= 0.6 is 0 Å². The number of rotatable bonds is 3. The van der Waals surface area contributed by atoms with Crippen LogP contribution in [0.3, 0.4) is 0 Å². The lowest BCUT2D eigenvalue weighted by molar-refractivity contribution is 0.364. The molecule has 0 unspecified atom stereocenters. The molecule has 1 aliphatic rings. The third-order valence-corrected chi connectivity index (χ3v) is 2.11. The van der Waals surface area contributed by atoms with Crippen LogP contribution in [0.15, 0.2) is 6.33 Å². The van der Waals surface area contributed by atoms with Gasteiger partial charge in [0.2, 0.25) is 5.88 Å².